The molecule has 0 saturated heterocycles. The molecular formula is C15H10BrF3O2. The maximum atomic E-state index is 13.0. The van der Waals surface area contributed by atoms with Crippen molar-refractivity contribution in [3.63, 3.8) is 0 Å². The number of alkyl halides is 3. The zero-order chi connectivity index (χ0) is 15.6. The van der Waals surface area contributed by atoms with Gasteiger partial charge in [0.1, 0.15) is 5.75 Å². The van der Waals surface area contributed by atoms with Gasteiger partial charge in [-0.25, -0.2) is 0 Å². The molecule has 0 aliphatic rings. The molecule has 0 atom stereocenters. The topological polar surface area (TPSA) is 26.3 Å². The average molecular weight is 359 g/mol. The van der Waals surface area contributed by atoms with Gasteiger partial charge in [-0.1, -0.05) is 34.1 Å². The fraction of sp³-hybridized carbons (Fsp3) is 0.133. The van der Waals surface area contributed by atoms with Crippen LogP contribution in [0.15, 0.2) is 46.9 Å². The normalized spacial score (nSPS) is 11.3. The second kappa shape index (κ2) is 5.89. The lowest BCUT2D eigenvalue weighted by molar-refractivity contribution is -0.137. The third-order valence-electron chi connectivity index (χ3n) is 2.90. The Hall–Kier alpha value is -1.82. The molecule has 0 aromatic heterocycles. The number of carbonyl (C=O) groups is 1. The summed E-state index contributed by atoms with van der Waals surface area (Å²) < 4.78 is 44.4. The van der Waals surface area contributed by atoms with E-state index in [1.807, 2.05) is 0 Å². The van der Waals surface area contributed by atoms with Gasteiger partial charge < -0.3 is 4.74 Å². The van der Waals surface area contributed by atoms with Crippen LogP contribution in [0, 0.1) is 0 Å². The molecule has 0 N–H and O–H groups in total. The smallest absolute Gasteiger partial charge is 0.417 e. The van der Waals surface area contributed by atoms with Crippen molar-refractivity contribution in [3.05, 3.63) is 63.6 Å². The van der Waals surface area contributed by atoms with Gasteiger partial charge >= 0.3 is 6.18 Å². The SMILES string of the molecule is COc1ccc(Br)c(C(=O)c2ccccc2C(F)(F)F)c1. The van der Waals surface area contributed by atoms with E-state index < -0.39 is 17.5 Å². The molecule has 0 aliphatic carbocycles. The minimum atomic E-state index is -4.59. The molecular weight excluding hydrogens is 349 g/mol. The van der Waals surface area contributed by atoms with Crippen molar-refractivity contribution in [1.82, 2.24) is 0 Å². The number of ketones is 1. The molecule has 21 heavy (non-hydrogen) atoms. The van der Waals surface area contributed by atoms with Crippen molar-refractivity contribution in [2.24, 2.45) is 0 Å². The quantitative estimate of drug-likeness (QED) is 0.743. The number of hydrogen-bond donors (Lipinski definition) is 0. The Morgan fingerprint density at radius 2 is 1.76 bits per heavy atom. The summed E-state index contributed by atoms with van der Waals surface area (Å²) in [6.45, 7) is 0. The molecule has 0 amide bonds. The second-order valence-corrected chi connectivity index (χ2v) is 5.07. The zero-order valence-electron chi connectivity index (χ0n) is 10.9. The van der Waals surface area contributed by atoms with Crippen molar-refractivity contribution in [3.8, 4) is 5.75 Å². The van der Waals surface area contributed by atoms with E-state index in [9.17, 15) is 18.0 Å². The van der Waals surface area contributed by atoms with Crippen molar-refractivity contribution >= 4 is 21.7 Å². The van der Waals surface area contributed by atoms with Gasteiger partial charge in [-0.3, -0.25) is 4.79 Å². The lowest BCUT2D eigenvalue weighted by atomic mass is 9.98. The van der Waals surface area contributed by atoms with Gasteiger partial charge in [0.25, 0.3) is 0 Å². The summed E-state index contributed by atoms with van der Waals surface area (Å²) in [5.41, 5.74) is -1.23. The summed E-state index contributed by atoms with van der Waals surface area (Å²) in [4.78, 5) is 12.4. The number of methoxy groups -OCH3 is 1. The van der Waals surface area contributed by atoms with Crippen LogP contribution in [-0.4, -0.2) is 12.9 Å². The van der Waals surface area contributed by atoms with Gasteiger partial charge in [-0.05, 0) is 24.3 Å². The van der Waals surface area contributed by atoms with E-state index in [-0.39, 0.29) is 11.1 Å². The minimum Gasteiger partial charge on any atom is -0.497 e. The van der Waals surface area contributed by atoms with Crippen LogP contribution in [-0.2, 0) is 6.18 Å². The number of ether oxygens (including phenoxy) is 1. The summed E-state index contributed by atoms with van der Waals surface area (Å²) in [7, 11) is 1.42. The Labute approximate surface area is 127 Å². The van der Waals surface area contributed by atoms with E-state index in [2.05, 4.69) is 15.9 Å². The number of hydrogen-bond acceptors (Lipinski definition) is 2. The van der Waals surface area contributed by atoms with Gasteiger partial charge in [0.15, 0.2) is 5.78 Å². The summed E-state index contributed by atoms with van der Waals surface area (Å²) >= 11 is 3.17. The van der Waals surface area contributed by atoms with Crippen LogP contribution in [0.3, 0.4) is 0 Å². The Bertz CT molecular complexity index is 681. The molecule has 0 fully saturated rings. The maximum absolute atomic E-state index is 13.0. The molecule has 0 radical (unpaired) electrons. The molecule has 0 unspecified atom stereocenters. The summed E-state index contributed by atoms with van der Waals surface area (Å²) in [6.07, 6.45) is -4.59. The standard InChI is InChI=1S/C15H10BrF3O2/c1-21-9-6-7-13(16)11(8-9)14(20)10-4-2-3-5-12(10)15(17,18)19/h2-8H,1H3. The van der Waals surface area contributed by atoms with Crippen molar-refractivity contribution in [1.29, 1.82) is 0 Å². The van der Waals surface area contributed by atoms with Crippen molar-refractivity contribution < 1.29 is 22.7 Å². The Balaban J connectivity index is 2.56. The predicted molar refractivity (Wildman–Crippen MR) is 75.6 cm³/mol. The third-order valence-corrected chi connectivity index (χ3v) is 3.59. The number of halogens is 4. The molecule has 0 aliphatic heterocycles. The van der Waals surface area contributed by atoms with Crippen LogP contribution in [0.4, 0.5) is 13.2 Å². The second-order valence-electron chi connectivity index (χ2n) is 4.22. The predicted octanol–water partition coefficient (Wildman–Crippen LogP) is 4.71. The van der Waals surface area contributed by atoms with Gasteiger partial charge in [-0.15, -0.1) is 0 Å². The van der Waals surface area contributed by atoms with E-state index in [1.165, 1.54) is 25.3 Å². The minimum absolute atomic E-state index is 0.117. The fourth-order valence-electron chi connectivity index (χ4n) is 1.88. The van der Waals surface area contributed by atoms with E-state index in [4.69, 9.17) is 4.74 Å². The molecule has 0 spiro atoms. The average Bonchev–Trinajstić information content (AvgIpc) is 2.46. The molecule has 0 saturated carbocycles. The largest absolute Gasteiger partial charge is 0.497 e. The molecule has 6 heteroatoms. The van der Waals surface area contributed by atoms with Crippen LogP contribution in [0.5, 0.6) is 5.75 Å². The number of benzene rings is 2. The van der Waals surface area contributed by atoms with Gasteiger partial charge in [0.2, 0.25) is 0 Å². The van der Waals surface area contributed by atoms with Gasteiger partial charge in [-0.2, -0.15) is 13.2 Å². The molecule has 2 aromatic rings. The Kier molecular flexibility index (Phi) is 4.37. The highest BCUT2D eigenvalue weighted by Gasteiger charge is 2.35. The van der Waals surface area contributed by atoms with Gasteiger partial charge in [0, 0.05) is 15.6 Å². The Morgan fingerprint density at radius 3 is 2.38 bits per heavy atom. The monoisotopic (exact) mass is 358 g/mol. The Morgan fingerprint density at radius 1 is 1.10 bits per heavy atom. The lowest BCUT2D eigenvalue weighted by Crippen LogP contribution is -2.14. The van der Waals surface area contributed by atoms with E-state index in [0.717, 1.165) is 12.1 Å². The van der Waals surface area contributed by atoms with Crippen LogP contribution >= 0.6 is 15.9 Å². The summed E-state index contributed by atoms with van der Waals surface area (Å²) in [5.74, 6) is -0.320. The first-order valence-corrected chi connectivity index (χ1v) is 6.68. The van der Waals surface area contributed by atoms with E-state index in [1.54, 1.807) is 12.1 Å². The zero-order valence-corrected chi connectivity index (χ0v) is 12.5. The van der Waals surface area contributed by atoms with Crippen LogP contribution in [0.1, 0.15) is 21.5 Å². The summed E-state index contributed by atoms with van der Waals surface area (Å²) in [6, 6.07) is 9.27. The fourth-order valence-corrected chi connectivity index (χ4v) is 2.31. The van der Waals surface area contributed by atoms with Crippen LogP contribution < -0.4 is 4.74 Å². The third kappa shape index (κ3) is 3.26. The molecule has 2 nitrogen and oxygen atoms in total. The van der Waals surface area contributed by atoms with Crippen molar-refractivity contribution in [2.75, 3.05) is 7.11 Å². The van der Waals surface area contributed by atoms with Crippen LogP contribution in [0.2, 0.25) is 0 Å². The molecule has 110 valence electrons. The summed E-state index contributed by atoms with van der Waals surface area (Å²) in [5, 5.41) is 0. The lowest BCUT2D eigenvalue weighted by Gasteiger charge is -2.13. The maximum Gasteiger partial charge on any atom is 0.417 e. The van der Waals surface area contributed by atoms with Crippen molar-refractivity contribution in [2.45, 2.75) is 6.18 Å². The van der Waals surface area contributed by atoms with Gasteiger partial charge in [0.05, 0.1) is 12.7 Å². The first-order chi connectivity index (χ1) is 9.84. The molecule has 2 rings (SSSR count). The number of carbonyl (C=O) groups excluding carboxylic acids is 1. The first kappa shape index (κ1) is 15.6. The first-order valence-electron chi connectivity index (χ1n) is 5.89. The number of rotatable bonds is 3. The van der Waals surface area contributed by atoms with Crippen LogP contribution in [0.25, 0.3) is 0 Å². The highest BCUT2D eigenvalue weighted by Crippen LogP contribution is 2.34. The van der Waals surface area contributed by atoms with E-state index in [0.29, 0.717) is 10.2 Å². The highest BCUT2D eigenvalue weighted by molar-refractivity contribution is 9.10. The molecule has 2 aromatic carbocycles. The van der Waals surface area contributed by atoms with E-state index >= 15 is 0 Å². The highest BCUT2D eigenvalue weighted by atomic mass is 79.9. The molecule has 0 heterocycles. The molecule has 0 bridgehead atoms.